The lowest BCUT2D eigenvalue weighted by molar-refractivity contribution is -0.116. The number of fused-ring (bicyclic) bond motifs is 2. The van der Waals surface area contributed by atoms with Gasteiger partial charge in [-0.15, -0.1) is 15.3 Å². The molecule has 0 aliphatic carbocycles. The summed E-state index contributed by atoms with van der Waals surface area (Å²) < 4.78 is 17.5. The van der Waals surface area contributed by atoms with Crippen LogP contribution in [0.15, 0.2) is 53.1 Å². The molecule has 4 aromatic rings. The van der Waals surface area contributed by atoms with Crippen molar-refractivity contribution in [2.75, 3.05) is 17.4 Å². The van der Waals surface area contributed by atoms with Crippen LogP contribution in [-0.4, -0.2) is 32.5 Å². The molecular formula is C20H18N6O4. The Bertz CT molecular complexity index is 1190. The maximum atomic E-state index is 12.4. The van der Waals surface area contributed by atoms with E-state index in [1.54, 1.807) is 29.0 Å². The Balaban J connectivity index is 1.22. The predicted octanol–water partition coefficient (Wildman–Crippen LogP) is 2.63. The molecule has 10 heteroatoms. The Kier molecular flexibility index (Phi) is 4.64. The molecule has 0 saturated carbocycles. The van der Waals surface area contributed by atoms with Gasteiger partial charge in [-0.25, -0.2) is 0 Å². The third-order valence-corrected chi connectivity index (χ3v) is 4.58. The molecule has 1 aliphatic heterocycles. The normalized spacial score (nSPS) is 12.3. The molecule has 30 heavy (non-hydrogen) atoms. The first-order chi connectivity index (χ1) is 14.7. The second kappa shape index (κ2) is 7.74. The fraction of sp³-hybridized carbons (Fsp3) is 0.200. The van der Waals surface area contributed by atoms with Crippen molar-refractivity contribution < 1.29 is 18.7 Å². The molecule has 1 amide bonds. The third-order valence-electron chi connectivity index (χ3n) is 4.58. The molecule has 0 spiro atoms. The second-order valence-electron chi connectivity index (χ2n) is 6.65. The predicted molar refractivity (Wildman–Crippen MR) is 106 cm³/mol. The molecule has 0 radical (unpaired) electrons. The minimum Gasteiger partial charge on any atom is -0.467 e. The zero-order chi connectivity index (χ0) is 20.3. The monoisotopic (exact) mass is 406 g/mol. The minimum atomic E-state index is -0.141. The number of carbonyl (C=O) groups is 1. The maximum Gasteiger partial charge on any atom is 0.231 e. The van der Waals surface area contributed by atoms with Crippen LogP contribution in [0, 0.1) is 0 Å². The highest BCUT2D eigenvalue weighted by molar-refractivity contribution is 5.91. The van der Waals surface area contributed by atoms with E-state index in [4.69, 9.17) is 13.9 Å². The molecule has 2 N–H and O–H groups in total. The Morgan fingerprint density at radius 2 is 2.03 bits per heavy atom. The van der Waals surface area contributed by atoms with Crippen molar-refractivity contribution >= 4 is 23.1 Å². The second-order valence-corrected chi connectivity index (χ2v) is 6.65. The van der Waals surface area contributed by atoms with Gasteiger partial charge in [0.1, 0.15) is 11.6 Å². The molecule has 0 saturated heterocycles. The zero-order valence-electron chi connectivity index (χ0n) is 15.9. The van der Waals surface area contributed by atoms with Crippen molar-refractivity contribution in [1.29, 1.82) is 0 Å². The van der Waals surface area contributed by atoms with E-state index in [9.17, 15) is 4.79 Å². The first-order valence-electron chi connectivity index (χ1n) is 9.42. The number of nitrogens with one attached hydrogen (secondary N) is 2. The number of furan rings is 1. The van der Waals surface area contributed by atoms with Crippen molar-refractivity contribution in [2.24, 2.45) is 0 Å². The van der Waals surface area contributed by atoms with E-state index in [2.05, 4.69) is 25.9 Å². The van der Waals surface area contributed by atoms with Gasteiger partial charge >= 0.3 is 0 Å². The molecule has 10 nitrogen and oxygen atoms in total. The Morgan fingerprint density at radius 1 is 1.10 bits per heavy atom. The number of anilines is 2. The molecule has 0 fully saturated rings. The van der Waals surface area contributed by atoms with E-state index < -0.39 is 0 Å². The number of ether oxygens (including phenoxy) is 2. The van der Waals surface area contributed by atoms with Crippen LogP contribution in [0.25, 0.3) is 5.65 Å². The van der Waals surface area contributed by atoms with Gasteiger partial charge in [-0.05, 0) is 36.4 Å². The van der Waals surface area contributed by atoms with Crippen LogP contribution < -0.4 is 20.1 Å². The van der Waals surface area contributed by atoms with Crippen LogP contribution in [0.4, 0.5) is 11.5 Å². The lowest BCUT2D eigenvalue weighted by Crippen LogP contribution is -2.13. The summed E-state index contributed by atoms with van der Waals surface area (Å²) in [5.74, 6) is 3.22. The highest BCUT2D eigenvalue weighted by Crippen LogP contribution is 2.34. The number of amides is 1. The van der Waals surface area contributed by atoms with Gasteiger partial charge in [-0.2, -0.15) is 4.52 Å². The fourth-order valence-electron chi connectivity index (χ4n) is 3.10. The van der Waals surface area contributed by atoms with Crippen LogP contribution in [-0.2, 0) is 17.8 Å². The highest BCUT2D eigenvalue weighted by atomic mass is 16.7. The molecule has 0 unspecified atom stereocenters. The molecule has 1 aliphatic rings. The van der Waals surface area contributed by atoms with E-state index in [0.717, 1.165) is 5.76 Å². The van der Waals surface area contributed by atoms with Crippen LogP contribution in [0.3, 0.4) is 0 Å². The van der Waals surface area contributed by atoms with E-state index in [1.165, 1.54) is 0 Å². The van der Waals surface area contributed by atoms with Crippen molar-refractivity contribution in [3.63, 3.8) is 0 Å². The summed E-state index contributed by atoms with van der Waals surface area (Å²) in [5, 5.41) is 18.8. The summed E-state index contributed by atoms with van der Waals surface area (Å²) in [5.41, 5.74) is 1.27. The van der Waals surface area contributed by atoms with Crippen molar-refractivity contribution in [3.05, 3.63) is 60.3 Å². The van der Waals surface area contributed by atoms with Crippen LogP contribution in [0.5, 0.6) is 11.5 Å². The van der Waals surface area contributed by atoms with Crippen LogP contribution in [0.1, 0.15) is 18.0 Å². The molecule has 5 rings (SSSR count). The third kappa shape index (κ3) is 3.75. The number of carbonyl (C=O) groups excluding carboxylic acids is 1. The average Bonchev–Trinajstić information content (AvgIpc) is 3.51. The van der Waals surface area contributed by atoms with Gasteiger partial charge in [0.05, 0.1) is 12.8 Å². The average molecular weight is 406 g/mol. The SMILES string of the molecule is O=C(CCc1nnc2ccc(NCc3ccco3)nn12)Nc1ccc2c(c1)OCO2. The number of benzene rings is 1. The van der Waals surface area contributed by atoms with Crippen molar-refractivity contribution in [1.82, 2.24) is 19.8 Å². The summed E-state index contributed by atoms with van der Waals surface area (Å²) in [6.07, 6.45) is 2.26. The van der Waals surface area contributed by atoms with E-state index in [-0.39, 0.29) is 19.1 Å². The van der Waals surface area contributed by atoms with E-state index >= 15 is 0 Å². The Morgan fingerprint density at radius 3 is 2.93 bits per heavy atom. The van der Waals surface area contributed by atoms with Gasteiger partial charge in [-0.1, -0.05) is 0 Å². The first-order valence-corrected chi connectivity index (χ1v) is 9.42. The topological polar surface area (TPSA) is 116 Å². The van der Waals surface area contributed by atoms with Crippen molar-refractivity contribution in [3.8, 4) is 11.5 Å². The number of hydrogen-bond acceptors (Lipinski definition) is 8. The standard InChI is InChI=1S/C20H18N6O4/c27-20(22-13-3-4-15-16(10-13)30-12-29-15)8-7-19-24-23-18-6-5-17(25-26(18)19)21-11-14-2-1-9-28-14/h1-6,9-10H,7-8,11-12H2,(H,21,25)(H,22,27). The fourth-order valence-corrected chi connectivity index (χ4v) is 3.10. The molecule has 3 aromatic heterocycles. The van der Waals surface area contributed by atoms with Crippen molar-refractivity contribution in [2.45, 2.75) is 19.4 Å². The molecule has 0 atom stereocenters. The zero-order valence-corrected chi connectivity index (χ0v) is 15.9. The molecule has 4 heterocycles. The molecular weight excluding hydrogens is 388 g/mol. The van der Waals surface area contributed by atoms with Gasteiger partial charge in [0, 0.05) is 24.6 Å². The smallest absolute Gasteiger partial charge is 0.231 e. The number of aromatic nitrogens is 4. The van der Waals surface area contributed by atoms with Crippen LogP contribution >= 0.6 is 0 Å². The summed E-state index contributed by atoms with van der Waals surface area (Å²) in [6, 6.07) is 12.6. The Hall–Kier alpha value is -4.08. The summed E-state index contributed by atoms with van der Waals surface area (Å²) >= 11 is 0. The quantitative estimate of drug-likeness (QED) is 0.481. The van der Waals surface area contributed by atoms with Gasteiger partial charge in [0.2, 0.25) is 12.7 Å². The lowest BCUT2D eigenvalue weighted by atomic mass is 10.2. The molecule has 152 valence electrons. The largest absolute Gasteiger partial charge is 0.467 e. The van der Waals surface area contributed by atoms with E-state index in [0.29, 0.717) is 47.4 Å². The number of nitrogens with zero attached hydrogens (tertiary/aromatic N) is 4. The first kappa shape index (κ1) is 18.0. The summed E-state index contributed by atoms with van der Waals surface area (Å²) in [7, 11) is 0. The van der Waals surface area contributed by atoms with Gasteiger partial charge < -0.3 is 24.5 Å². The highest BCUT2D eigenvalue weighted by Gasteiger charge is 2.15. The van der Waals surface area contributed by atoms with Gasteiger partial charge in [0.15, 0.2) is 23.0 Å². The number of aryl methyl sites for hydroxylation is 1. The van der Waals surface area contributed by atoms with Gasteiger partial charge in [-0.3, -0.25) is 4.79 Å². The number of hydrogen-bond donors (Lipinski definition) is 2. The molecule has 0 bridgehead atoms. The minimum absolute atomic E-state index is 0.141. The van der Waals surface area contributed by atoms with Gasteiger partial charge in [0.25, 0.3) is 0 Å². The summed E-state index contributed by atoms with van der Waals surface area (Å²) in [4.78, 5) is 12.4. The Labute approximate surface area is 170 Å². The summed E-state index contributed by atoms with van der Waals surface area (Å²) in [6.45, 7) is 0.707. The lowest BCUT2D eigenvalue weighted by Gasteiger charge is -2.06. The maximum absolute atomic E-state index is 12.4. The van der Waals surface area contributed by atoms with E-state index in [1.807, 2.05) is 24.3 Å². The molecule has 1 aromatic carbocycles. The number of rotatable bonds is 7. The van der Waals surface area contributed by atoms with Crippen LogP contribution in [0.2, 0.25) is 0 Å².